The number of aromatic amines is 1. The fourth-order valence-corrected chi connectivity index (χ4v) is 4.14. The Morgan fingerprint density at radius 3 is 2.65 bits per heavy atom. The lowest BCUT2D eigenvalue weighted by Gasteiger charge is -2.23. The maximum absolute atomic E-state index is 5.59. The van der Waals surface area contributed by atoms with Crippen molar-refractivity contribution in [1.29, 1.82) is 0 Å². The highest BCUT2D eigenvalue weighted by Gasteiger charge is 2.22. The predicted octanol–water partition coefficient (Wildman–Crippen LogP) is 5.31. The summed E-state index contributed by atoms with van der Waals surface area (Å²) in [6.45, 7) is 6.65. The van der Waals surface area contributed by atoms with Gasteiger partial charge in [-0.05, 0) is 48.1 Å². The van der Waals surface area contributed by atoms with Crippen molar-refractivity contribution in [3.05, 3.63) is 50.9 Å². The lowest BCUT2D eigenvalue weighted by Crippen LogP contribution is -2.16. The van der Waals surface area contributed by atoms with E-state index in [1.165, 1.54) is 16.0 Å². The van der Waals surface area contributed by atoms with E-state index in [2.05, 4.69) is 66.0 Å². The van der Waals surface area contributed by atoms with Crippen LogP contribution < -0.4 is 0 Å². The van der Waals surface area contributed by atoms with E-state index in [4.69, 9.17) is 12.2 Å². The normalized spacial score (nSPS) is 13.2. The fourth-order valence-electron chi connectivity index (χ4n) is 2.84. The number of fused-ring (bicyclic) bond motifs is 1. The summed E-state index contributed by atoms with van der Waals surface area (Å²) in [4.78, 5) is 4.71. The number of hydrogen-bond donors (Lipinski definition) is 1. The smallest absolute Gasteiger partial charge is 0.178 e. The van der Waals surface area contributed by atoms with Crippen LogP contribution in [0.1, 0.15) is 30.3 Å². The zero-order chi connectivity index (χ0) is 14.3. The number of benzene rings is 1. The molecule has 3 aromatic rings. The molecule has 0 saturated heterocycles. The Kier molecular flexibility index (Phi) is 3.52. The molecule has 4 heteroatoms. The van der Waals surface area contributed by atoms with Crippen LogP contribution in [0.25, 0.3) is 11.0 Å². The molecule has 0 fully saturated rings. The van der Waals surface area contributed by atoms with Crippen LogP contribution >= 0.6 is 23.6 Å². The second-order valence-electron chi connectivity index (χ2n) is 5.48. The summed E-state index contributed by atoms with van der Waals surface area (Å²) in [6, 6.07) is 10.9. The molecular weight excluding hydrogens is 284 g/mol. The third-order valence-corrected chi connectivity index (χ3v) is 4.93. The first-order valence-corrected chi connectivity index (χ1v) is 8.11. The van der Waals surface area contributed by atoms with E-state index < -0.39 is 0 Å². The summed E-state index contributed by atoms with van der Waals surface area (Å²) in [7, 11) is 0. The summed E-state index contributed by atoms with van der Waals surface area (Å²) in [5, 5.41) is 2.13. The van der Waals surface area contributed by atoms with Crippen molar-refractivity contribution in [2.45, 2.75) is 26.8 Å². The molecule has 0 aliphatic heterocycles. The molecule has 1 aromatic carbocycles. The molecule has 0 spiro atoms. The van der Waals surface area contributed by atoms with Crippen molar-refractivity contribution < 1.29 is 0 Å². The van der Waals surface area contributed by atoms with Gasteiger partial charge in [0.25, 0.3) is 0 Å². The van der Waals surface area contributed by atoms with E-state index >= 15 is 0 Å². The number of nitrogens with zero attached hydrogens (tertiary/aromatic N) is 1. The Morgan fingerprint density at radius 2 is 2.00 bits per heavy atom. The van der Waals surface area contributed by atoms with Gasteiger partial charge in [-0.25, -0.2) is 0 Å². The van der Waals surface area contributed by atoms with Crippen molar-refractivity contribution in [2.24, 2.45) is 5.92 Å². The monoisotopic (exact) mass is 302 g/mol. The van der Waals surface area contributed by atoms with Gasteiger partial charge in [0.15, 0.2) is 4.77 Å². The Bertz CT molecular complexity index is 779. The fraction of sp³-hybridized carbons (Fsp3) is 0.312. The van der Waals surface area contributed by atoms with Gasteiger partial charge >= 0.3 is 0 Å². The molecule has 1 N–H and O–H groups in total. The van der Waals surface area contributed by atoms with Crippen LogP contribution in [0.2, 0.25) is 0 Å². The first-order chi connectivity index (χ1) is 9.59. The maximum Gasteiger partial charge on any atom is 0.178 e. The number of aromatic nitrogens is 2. The van der Waals surface area contributed by atoms with E-state index in [1.807, 2.05) is 0 Å². The van der Waals surface area contributed by atoms with E-state index in [0.717, 1.165) is 10.3 Å². The van der Waals surface area contributed by atoms with Gasteiger partial charge in [0.2, 0.25) is 0 Å². The Balaban J connectivity index is 2.32. The van der Waals surface area contributed by atoms with Gasteiger partial charge in [0, 0.05) is 4.88 Å². The van der Waals surface area contributed by atoms with Crippen molar-refractivity contribution in [3.63, 3.8) is 0 Å². The molecule has 2 heterocycles. The average molecular weight is 302 g/mol. The number of nitrogens with one attached hydrogen (secondary N) is 1. The van der Waals surface area contributed by atoms with Gasteiger partial charge in [-0.15, -0.1) is 11.3 Å². The lowest BCUT2D eigenvalue weighted by atomic mass is 10.0. The molecule has 20 heavy (non-hydrogen) atoms. The first-order valence-electron chi connectivity index (χ1n) is 6.83. The molecule has 2 nitrogen and oxygen atoms in total. The number of imidazole rings is 1. The third kappa shape index (κ3) is 2.13. The summed E-state index contributed by atoms with van der Waals surface area (Å²) in [6.07, 6.45) is 0. The molecular formula is C16H18N2S2. The lowest BCUT2D eigenvalue weighted by molar-refractivity contribution is 0.448. The number of aryl methyl sites for hydroxylation is 1. The zero-order valence-corrected chi connectivity index (χ0v) is 13.5. The van der Waals surface area contributed by atoms with E-state index in [-0.39, 0.29) is 6.04 Å². The van der Waals surface area contributed by atoms with Crippen molar-refractivity contribution in [3.8, 4) is 0 Å². The summed E-state index contributed by atoms with van der Waals surface area (Å²) in [5.41, 5.74) is 3.61. The van der Waals surface area contributed by atoms with Crippen LogP contribution in [-0.2, 0) is 0 Å². The SMILES string of the molecule is Cc1cccc2[nH]c(=S)n(C(c3cccs3)C(C)C)c12. The molecule has 0 aliphatic rings. The Morgan fingerprint density at radius 1 is 1.20 bits per heavy atom. The highest BCUT2D eigenvalue weighted by molar-refractivity contribution is 7.71. The minimum atomic E-state index is 0.289. The van der Waals surface area contributed by atoms with Gasteiger partial charge in [0.05, 0.1) is 17.1 Å². The molecule has 0 saturated carbocycles. The number of rotatable bonds is 3. The molecule has 104 valence electrons. The summed E-state index contributed by atoms with van der Waals surface area (Å²) in [5.74, 6) is 0.485. The van der Waals surface area contributed by atoms with Gasteiger partial charge in [-0.2, -0.15) is 0 Å². The largest absolute Gasteiger partial charge is 0.331 e. The summed E-state index contributed by atoms with van der Waals surface area (Å²) >= 11 is 7.39. The molecule has 3 rings (SSSR count). The van der Waals surface area contributed by atoms with E-state index in [0.29, 0.717) is 5.92 Å². The van der Waals surface area contributed by atoms with Crippen LogP contribution in [0, 0.1) is 17.6 Å². The van der Waals surface area contributed by atoms with E-state index in [9.17, 15) is 0 Å². The molecule has 0 aliphatic carbocycles. The van der Waals surface area contributed by atoms with Crippen LogP contribution in [0.15, 0.2) is 35.7 Å². The Hall–Kier alpha value is -1.39. The van der Waals surface area contributed by atoms with Gasteiger partial charge in [-0.1, -0.05) is 32.0 Å². The number of hydrogen-bond acceptors (Lipinski definition) is 2. The molecule has 1 unspecified atom stereocenters. The second kappa shape index (κ2) is 5.19. The molecule has 1 atom stereocenters. The topological polar surface area (TPSA) is 20.7 Å². The van der Waals surface area contributed by atoms with Gasteiger partial charge in [-0.3, -0.25) is 0 Å². The van der Waals surface area contributed by atoms with Crippen molar-refractivity contribution >= 4 is 34.6 Å². The van der Waals surface area contributed by atoms with Gasteiger partial charge in [0.1, 0.15) is 0 Å². The third-order valence-electron chi connectivity index (χ3n) is 3.68. The average Bonchev–Trinajstić information content (AvgIpc) is 2.99. The maximum atomic E-state index is 5.59. The molecule has 0 radical (unpaired) electrons. The van der Waals surface area contributed by atoms with Crippen LogP contribution in [0.3, 0.4) is 0 Å². The quantitative estimate of drug-likeness (QED) is 0.650. The number of H-pyrrole nitrogens is 1. The zero-order valence-electron chi connectivity index (χ0n) is 11.9. The number of para-hydroxylation sites is 1. The minimum Gasteiger partial charge on any atom is -0.331 e. The highest BCUT2D eigenvalue weighted by atomic mass is 32.1. The first kappa shape index (κ1) is 13.6. The predicted molar refractivity (Wildman–Crippen MR) is 89.2 cm³/mol. The second-order valence-corrected chi connectivity index (χ2v) is 6.84. The highest BCUT2D eigenvalue weighted by Crippen LogP contribution is 2.34. The van der Waals surface area contributed by atoms with E-state index in [1.54, 1.807) is 11.3 Å². The molecule has 0 amide bonds. The van der Waals surface area contributed by atoms with Crippen LogP contribution in [-0.4, -0.2) is 9.55 Å². The Labute approximate surface area is 128 Å². The van der Waals surface area contributed by atoms with Crippen molar-refractivity contribution in [2.75, 3.05) is 0 Å². The molecule has 0 bridgehead atoms. The van der Waals surface area contributed by atoms with Gasteiger partial charge < -0.3 is 9.55 Å². The van der Waals surface area contributed by atoms with Crippen LogP contribution in [0.4, 0.5) is 0 Å². The minimum absolute atomic E-state index is 0.289. The summed E-state index contributed by atoms with van der Waals surface area (Å²) < 4.78 is 3.10. The number of thiophene rings is 1. The standard InChI is InChI=1S/C16H18N2S2/c1-10(2)14(13-8-5-9-20-13)18-15-11(3)6-4-7-12(15)17-16(18)19/h4-10,14H,1-3H3,(H,17,19). The van der Waals surface area contributed by atoms with Crippen LogP contribution in [0.5, 0.6) is 0 Å². The van der Waals surface area contributed by atoms with Crippen molar-refractivity contribution in [1.82, 2.24) is 9.55 Å². The molecule has 2 aromatic heterocycles.